The van der Waals surface area contributed by atoms with Gasteiger partial charge in [0, 0.05) is 34.1 Å². The number of hydrogen-bond acceptors (Lipinski definition) is 3. The van der Waals surface area contributed by atoms with E-state index in [1.807, 2.05) is 0 Å². The van der Waals surface area contributed by atoms with Crippen LogP contribution in [0.2, 0.25) is 5.02 Å². The molecule has 0 spiro atoms. The molecule has 0 aliphatic carbocycles. The average Bonchev–Trinajstić information content (AvgIpc) is 3.38. The number of halogens is 6. The van der Waals surface area contributed by atoms with E-state index in [1.54, 1.807) is 0 Å². The molecule has 0 saturated carbocycles. The fraction of sp³-hybridized carbons (Fsp3) is 0.0870. The Labute approximate surface area is 198 Å². The van der Waals surface area contributed by atoms with Gasteiger partial charge in [-0.1, -0.05) is 11.6 Å². The van der Waals surface area contributed by atoms with Gasteiger partial charge in [-0.3, -0.25) is 14.0 Å². The van der Waals surface area contributed by atoms with Crippen LogP contribution in [0.25, 0.3) is 16.8 Å². The third-order valence-corrected chi connectivity index (χ3v) is 6.06. The highest BCUT2D eigenvalue weighted by Crippen LogP contribution is 2.46. The number of nitrogens with one attached hydrogen (secondary N) is 1. The Hall–Kier alpha value is -3.99. The fourth-order valence-electron chi connectivity index (χ4n) is 4.36. The SMILES string of the molecule is NC(=O)c1cc(F)cc(C(F)(F)F)c1-c1cc2nccn2c2c1C(c1cc(F)ccc1Cl)NC2=O. The van der Waals surface area contributed by atoms with E-state index in [0.717, 1.165) is 12.1 Å². The number of nitrogens with two attached hydrogens (primary N) is 1. The maximum atomic E-state index is 14.1. The first-order valence-electron chi connectivity index (χ1n) is 9.94. The molecule has 3 heterocycles. The molecule has 0 saturated heterocycles. The van der Waals surface area contributed by atoms with Gasteiger partial charge in [-0.25, -0.2) is 13.8 Å². The summed E-state index contributed by atoms with van der Waals surface area (Å²) in [5.41, 5.74) is 2.12. The van der Waals surface area contributed by atoms with Gasteiger partial charge in [-0.05, 0) is 42.0 Å². The number of amides is 2. The number of carbonyl (C=O) groups is 2. The number of nitrogens with zero attached hydrogens (tertiary/aromatic N) is 2. The summed E-state index contributed by atoms with van der Waals surface area (Å²) in [5.74, 6) is -4.05. The smallest absolute Gasteiger partial charge is 0.366 e. The molecule has 2 amide bonds. The van der Waals surface area contributed by atoms with Crippen molar-refractivity contribution in [3.05, 3.63) is 93.4 Å². The highest BCUT2D eigenvalue weighted by molar-refractivity contribution is 6.31. The van der Waals surface area contributed by atoms with E-state index < -0.39 is 52.4 Å². The predicted octanol–water partition coefficient (Wildman–Crippen LogP) is 4.88. The summed E-state index contributed by atoms with van der Waals surface area (Å²) < 4.78 is 71.8. The fourth-order valence-corrected chi connectivity index (χ4v) is 4.59. The Bertz CT molecular complexity index is 1560. The molecule has 12 heteroatoms. The number of hydrogen-bond donors (Lipinski definition) is 2. The standard InChI is InChI=1S/C23H12ClF5N4O2/c24-15-2-1-9(25)5-11(15)19-18-12(8-16-31-3-4-33(16)20(18)22(35)32-19)17-13(21(30)34)6-10(26)7-14(17)23(27,28)29/h1-8,19H,(H2,30,34)(H,32,35). The monoisotopic (exact) mass is 506 g/mol. The molecular formula is C23H12ClF5N4O2. The number of fused-ring (bicyclic) bond motifs is 3. The van der Waals surface area contributed by atoms with E-state index in [9.17, 15) is 31.5 Å². The Kier molecular flexibility index (Phi) is 5.06. The highest BCUT2D eigenvalue weighted by atomic mass is 35.5. The van der Waals surface area contributed by atoms with Gasteiger partial charge in [-0.2, -0.15) is 13.2 Å². The van der Waals surface area contributed by atoms with E-state index in [4.69, 9.17) is 17.3 Å². The van der Waals surface area contributed by atoms with Gasteiger partial charge in [0.05, 0.1) is 17.2 Å². The number of alkyl halides is 3. The van der Waals surface area contributed by atoms with E-state index in [0.29, 0.717) is 6.07 Å². The van der Waals surface area contributed by atoms with Crippen LogP contribution in [0.3, 0.4) is 0 Å². The second kappa shape index (κ2) is 7.77. The number of aromatic nitrogens is 2. The maximum absolute atomic E-state index is 14.1. The molecule has 0 fully saturated rings. The van der Waals surface area contributed by atoms with Crippen LogP contribution in [-0.4, -0.2) is 21.2 Å². The topological polar surface area (TPSA) is 89.5 Å². The predicted molar refractivity (Wildman–Crippen MR) is 115 cm³/mol. The second-order valence-corrected chi connectivity index (χ2v) is 8.19. The Morgan fingerprint density at radius 3 is 2.54 bits per heavy atom. The average molecular weight is 507 g/mol. The Morgan fingerprint density at radius 1 is 1.11 bits per heavy atom. The molecule has 0 bridgehead atoms. The van der Waals surface area contributed by atoms with Gasteiger partial charge >= 0.3 is 6.18 Å². The molecule has 1 aliphatic rings. The summed E-state index contributed by atoms with van der Waals surface area (Å²) in [6.07, 6.45) is -2.37. The molecule has 1 atom stereocenters. The van der Waals surface area contributed by atoms with Crippen LogP contribution >= 0.6 is 11.6 Å². The maximum Gasteiger partial charge on any atom is 0.417 e. The van der Waals surface area contributed by atoms with Crippen LogP contribution in [0.4, 0.5) is 22.0 Å². The van der Waals surface area contributed by atoms with Crippen molar-refractivity contribution in [2.75, 3.05) is 0 Å². The number of carbonyl (C=O) groups excluding carboxylic acids is 2. The molecule has 0 radical (unpaired) electrons. The lowest BCUT2D eigenvalue weighted by Gasteiger charge is -2.22. The summed E-state index contributed by atoms with van der Waals surface area (Å²) >= 11 is 6.25. The number of rotatable bonds is 3. The zero-order valence-corrected chi connectivity index (χ0v) is 18.0. The molecule has 1 unspecified atom stereocenters. The van der Waals surface area contributed by atoms with Gasteiger partial charge < -0.3 is 11.1 Å². The molecule has 6 nitrogen and oxygen atoms in total. The molecular weight excluding hydrogens is 495 g/mol. The van der Waals surface area contributed by atoms with Crippen LogP contribution in [0, 0.1) is 11.6 Å². The molecule has 2 aromatic heterocycles. The van der Waals surface area contributed by atoms with Gasteiger partial charge in [0.15, 0.2) is 0 Å². The van der Waals surface area contributed by atoms with Crippen molar-refractivity contribution in [3.8, 4) is 11.1 Å². The van der Waals surface area contributed by atoms with Crippen molar-refractivity contribution < 1.29 is 31.5 Å². The summed E-state index contributed by atoms with van der Waals surface area (Å²) in [6.45, 7) is 0. The summed E-state index contributed by atoms with van der Waals surface area (Å²) in [5, 5.41) is 2.64. The second-order valence-electron chi connectivity index (χ2n) is 7.79. The highest BCUT2D eigenvalue weighted by Gasteiger charge is 2.41. The minimum atomic E-state index is -5.10. The van der Waals surface area contributed by atoms with E-state index in [-0.39, 0.29) is 39.1 Å². The van der Waals surface area contributed by atoms with Gasteiger partial charge in [0.25, 0.3) is 5.91 Å². The summed E-state index contributed by atoms with van der Waals surface area (Å²) in [7, 11) is 0. The first-order chi connectivity index (χ1) is 16.5. The lowest BCUT2D eigenvalue weighted by Crippen LogP contribution is -2.21. The van der Waals surface area contributed by atoms with Crippen LogP contribution in [0.5, 0.6) is 0 Å². The number of imidazole rings is 1. The van der Waals surface area contributed by atoms with E-state index in [2.05, 4.69) is 10.3 Å². The first kappa shape index (κ1) is 22.8. The molecule has 35 heavy (non-hydrogen) atoms. The van der Waals surface area contributed by atoms with Crippen LogP contribution in [0.1, 0.15) is 43.6 Å². The molecule has 4 aromatic rings. The van der Waals surface area contributed by atoms with Crippen molar-refractivity contribution in [3.63, 3.8) is 0 Å². The molecule has 178 valence electrons. The van der Waals surface area contributed by atoms with Crippen molar-refractivity contribution in [1.82, 2.24) is 14.7 Å². The third-order valence-electron chi connectivity index (χ3n) is 5.72. The molecule has 1 aliphatic heterocycles. The van der Waals surface area contributed by atoms with Crippen molar-refractivity contribution in [2.24, 2.45) is 5.73 Å². The summed E-state index contributed by atoms with van der Waals surface area (Å²) in [4.78, 5) is 29.2. The third kappa shape index (κ3) is 3.59. The first-order valence-corrected chi connectivity index (χ1v) is 10.3. The van der Waals surface area contributed by atoms with Gasteiger partial charge in [-0.15, -0.1) is 0 Å². The quantitative estimate of drug-likeness (QED) is 0.388. The van der Waals surface area contributed by atoms with Crippen molar-refractivity contribution in [1.29, 1.82) is 0 Å². The molecule has 2 aromatic carbocycles. The molecule has 5 rings (SSSR count). The van der Waals surface area contributed by atoms with Gasteiger partial charge in [0.2, 0.25) is 5.91 Å². The lowest BCUT2D eigenvalue weighted by atomic mass is 9.86. The number of benzene rings is 2. The van der Waals surface area contributed by atoms with Crippen LogP contribution < -0.4 is 11.1 Å². The van der Waals surface area contributed by atoms with Crippen LogP contribution in [0.15, 0.2) is 48.8 Å². The zero-order valence-electron chi connectivity index (χ0n) is 17.3. The minimum Gasteiger partial charge on any atom is -0.366 e. The van der Waals surface area contributed by atoms with Crippen LogP contribution in [-0.2, 0) is 6.18 Å². The van der Waals surface area contributed by atoms with Crippen molar-refractivity contribution in [2.45, 2.75) is 12.2 Å². The Morgan fingerprint density at radius 2 is 1.86 bits per heavy atom. The normalized spacial score (nSPS) is 15.4. The molecule has 3 N–H and O–H groups in total. The largest absolute Gasteiger partial charge is 0.417 e. The number of primary amides is 1. The number of pyridine rings is 1. The van der Waals surface area contributed by atoms with Gasteiger partial charge in [0.1, 0.15) is 23.0 Å². The summed E-state index contributed by atoms with van der Waals surface area (Å²) in [6, 6.07) is 4.19. The zero-order chi connectivity index (χ0) is 25.2. The van der Waals surface area contributed by atoms with E-state index >= 15 is 0 Å². The van der Waals surface area contributed by atoms with E-state index in [1.165, 1.54) is 28.9 Å². The Balaban J connectivity index is 1.95. The minimum absolute atomic E-state index is 0.0338. The lowest BCUT2D eigenvalue weighted by molar-refractivity contribution is -0.137. The van der Waals surface area contributed by atoms with Crippen molar-refractivity contribution >= 4 is 29.1 Å².